The minimum atomic E-state index is -0.177. The number of para-hydroxylation sites is 1. The molecule has 9 nitrogen and oxygen atoms in total. The van der Waals surface area contributed by atoms with E-state index in [1.807, 2.05) is 42.5 Å². The third-order valence-corrected chi connectivity index (χ3v) is 6.87. The number of hydrogen-bond donors (Lipinski definition) is 2. The number of ether oxygens (including phenoxy) is 2. The summed E-state index contributed by atoms with van der Waals surface area (Å²) in [6.45, 7) is 6.93. The number of rotatable bonds is 9. The maximum absolute atomic E-state index is 13.1. The van der Waals surface area contributed by atoms with Crippen LogP contribution < -0.4 is 25.0 Å². The molecule has 1 aromatic heterocycles. The second-order valence-corrected chi connectivity index (χ2v) is 9.72. The van der Waals surface area contributed by atoms with Gasteiger partial charge in [0, 0.05) is 44.6 Å². The van der Waals surface area contributed by atoms with E-state index >= 15 is 0 Å². The third kappa shape index (κ3) is 6.79. The fourth-order valence-corrected chi connectivity index (χ4v) is 4.71. The molecule has 1 aliphatic rings. The molecule has 3 amide bonds. The molecule has 0 radical (unpaired) electrons. The first-order valence-corrected chi connectivity index (χ1v) is 13.2. The molecule has 206 valence electrons. The number of carbonyl (C=O) groups excluding carboxylic acids is 2. The van der Waals surface area contributed by atoms with Crippen LogP contribution in [0.4, 0.5) is 16.3 Å². The fraction of sp³-hybridized carbons (Fsp3) is 0.367. The Hall–Kier alpha value is -4.27. The van der Waals surface area contributed by atoms with Crippen LogP contribution in [-0.4, -0.2) is 68.8 Å². The summed E-state index contributed by atoms with van der Waals surface area (Å²) in [5, 5.41) is 6.08. The van der Waals surface area contributed by atoms with Crippen molar-refractivity contribution < 1.29 is 19.1 Å². The molecule has 0 saturated carbocycles. The van der Waals surface area contributed by atoms with Gasteiger partial charge in [-0.1, -0.05) is 38.1 Å². The normalized spacial score (nSPS) is 13.3. The van der Waals surface area contributed by atoms with Crippen LogP contribution in [0.2, 0.25) is 0 Å². The van der Waals surface area contributed by atoms with Gasteiger partial charge in [0.15, 0.2) is 11.5 Å². The zero-order chi connectivity index (χ0) is 27.8. The monoisotopic (exact) mass is 531 g/mol. The summed E-state index contributed by atoms with van der Waals surface area (Å²) in [5.41, 5.74) is 3.51. The summed E-state index contributed by atoms with van der Waals surface area (Å²) in [7, 11) is 3.20. The highest BCUT2D eigenvalue weighted by molar-refractivity contribution is 5.99. The van der Waals surface area contributed by atoms with Gasteiger partial charge in [0.1, 0.15) is 5.82 Å². The number of piperazine rings is 1. The Morgan fingerprint density at radius 3 is 2.41 bits per heavy atom. The van der Waals surface area contributed by atoms with Crippen molar-refractivity contribution >= 4 is 23.4 Å². The molecule has 0 bridgehead atoms. The molecule has 1 fully saturated rings. The van der Waals surface area contributed by atoms with E-state index in [4.69, 9.17) is 9.47 Å². The molecule has 39 heavy (non-hydrogen) atoms. The predicted octanol–water partition coefficient (Wildman–Crippen LogP) is 4.55. The van der Waals surface area contributed by atoms with Gasteiger partial charge in [0.25, 0.3) is 5.91 Å². The van der Waals surface area contributed by atoms with Crippen molar-refractivity contribution in [1.82, 2.24) is 15.2 Å². The molecule has 0 aliphatic carbocycles. The van der Waals surface area contributed by atoms with Gasteiger partial charge in [0.2, 0.25) is 0 Å². The zero-order valence-corrected chi connectivity index (χ0v) is 23.1. The Labute approximate surface area is 230 Å². The van der Waals surface area contributed by atoms with E-state index in [1.54, 1.807) is 37.4 Å². The van der Waals surface area contributed by atoms with Gasteiger partial charge in [-0.15, -0.1) is 0 Å². The zero-order valence-electron chi connectivity index (χ0n) is 23.1. The van der Waals surface area contributed by atoms with Gasteiger partial charge in [-0.25, -0.2) is 9.78 Å². The van der Waals surface area contributed by atoms with Crippen LogP contribution in [0.3, 0.4) is 0 Å². The summed E-state index contributed by atoms with van der Waals surface area (Å²) >= 11 is 0. The standard InChI is InChI=1S/C30H37N5O4/c1-21(2)23-8-5-6-10-25(23)33-30(37)35-18-16-34(17-19-35)28-24(9-7-14-31-28)29(36)32-15-13-22-11-12-26(38-3)27(20-22)39-4/h5-12,14,20-21H,13,15-19H2,1-4H3,(H,32,36)(H,33,37). The molecule has 0 atom stereocenters. The number of nitrogens with one attached hydrogen (secondary N) is 2. The molecule has 3 aromatic rings. The van der Waals surface area contributed by atoms with E-state index < -0.39 is 0 Å². The minimum Gasteiger partial charge on any atom is -0.493 e. The molecule has 2 N–H and O–H groups in total. The van der Waals surface area contributed by atoms with Crippen molar-refractivity contribution in [2.24, 2.45) is 0 Å². The van der Waals surface area contributed by atoms with Crippen LogP contribution in [0.1, 0.15) is 41.3 Å². The third-order valence-electron chi connectivity index (χ3n) is 6.87. The van der Waals surface area contributed by atoms with E-state index in [0.717, 1.165) is 16.8 Å². The highest BCUT2D eigenvalue weighted by atomic mass is 16.5. The molecule has 9 heteroatoms. The number of pyridine rings is 1. The largest absolute Gasteiger partial charge is 0.493 e. The van der Waals surface area contributed by atoms with Crippen LogP contribution in [0.15, 0.2) is 60.8 Å². The first-order chi connectivity index (χ1) is 18.9. The SMILES string of the molecule is COc1ccc(CCNC(=O)c2cccnc2N2CCN(C(=O)Nc3ccccc3C(C)C)CC2)cc1OC. The van der Waals surface area contributed by atoms with Gasteiger partial charge in [-0.05, 0) is 53.8 Å². The smallest absolute Gasteiger partial charge is 0.321 e. The maximum Gasteiger partial charge on any atom is 0.321 e. The van der Waals surface area contributed by atoms with Crippen molar-refractivity contribution in [3.63, 3.8) is 0 Å². The average Bonchev–Trinajstić information content (AvgIpc) is 2.97. The highest BCUT2D eigenvalue weighted by Crippen LogP contribution is 2.28. The molecule has 0 unspecified atom stereocenters. The van der Waals surface area contributed by atoms with Crippen LogP contribution in [0.25, 0.3) is 0 Å². The number of benzene rings is 2. The average molecular weight is 532 g/mol. The lowest BCUT2D eigenvalue weighted by Gasteiger charge is -2.36. The molecule has 4 rings (SSSR count). The number of urea groups is 1. The quantitative estimate of drug-likeness (QED) is 0.421. The Bertz CT molecular complexity index is 1290. The lowest BCUT2D eigenvalue weighted by atomic mass is 10.0. The Kier molecular flexibility index (Phi) is 9.25. The Morgan fingerprint density at radius 1 is 0.949 bits per heavy atom. The summed E-state index contributed by atoms with van der Waals surface area (Å²) in [6, 6.07) is 17.1. The minimum absolute atomic E-state index is 0.114. The molecular weight excluding hydrogens is 494 g/mol. The first-order valence-electron chi connectivity index (χ1n) is 13.2. The first kappa shape index (κ1) is 27.8. The van der Waals surface area contributed by atoms with Crippen LogP contribution in [-0.2, 0) is 6.42 Å². The summed E-state index contributed by atoms with van der Waals surface area (Å²) in [5.74, 6) is 2.09. The van der Waals surface area contributed by atoms with Gasteiger partial charge < -0.3 is 29.9 Å². The van der Waals surface area contributed by atoms with Gasteiger partial charge >= 0.3 is 6.03 Å². The summed E-state index contributed by atoms with van der Waals surface area (Å²) < 4.78 is 10.7. The summed E-state index contributed by atoms with van der Waals surface area (Å²) in [4.78, 5) is 34.4. The van der Waals surface area contributed by atoms with Crippen molar-refractivity contribution in [3.05, 3.63) is 77.5 Å². The van der Waals surface area contributed by atoms with Crippen molar-refractivity contribution in [1.29, 1.82) is 0 Å². The van der Waals surface area contributed by atoms with E-state index in [9.17, 15) is 9.59 Å². The Morgan fingerprint density at radius 2 is 1.69 bits per heavy atom. The lowest BCUT2D eigenvalue weighted by Crippen LogP contribution is -2.50. The van der Waals surface area contributed by atoms with E-state index in [2.05, 4.69) is 34.4 Å². The van der Waals surface area contributed by atoms with Crippen molar-refractivity contribution in [2.75, 3.05) is 57.2 Å². The molecule has 1 saturated heterocycles. The number of hydrogen-bond acceptors (Lipinski definition) is 6. The van der Waals surface area contributed by atoms with E-state index in [1.165, 1.54) is 0 Å². The maximum atomic E-state index is 13.1. The van der Waals surface area contributed by atoms with Gasteiger partial charge in [0.05, 0.1) is 19.8 Å². The van der Waals surface area contributed by atoms with Crippen LogP contribution in [0.5, 0.6) is 11.5 Å². The van der Waals surface area contributed by atoms with Crippen LogP contribution >= 0.6 is 0 Å². The topological polar surface area (TPSA) is 96.0 Å². The number of carbonyl (C=O) groups is 2. The molecule has 2 heterocycles. The highest BCUT2D eigenvalue weighted by Gasteiger charge is 2.25. The second kappa shape index (κ2) is 13.0. The summed E-state index contributed by atoms with van der Waals surface area (Å²) in [6.07, 6.45) is 2.34. The number of aromatic nitrogens is 1. The Balaban J connectivity index is 1.33. The number of methoxy groups -OCH3 is 2. The van der Waals surface area contributed by atoms with Gasteiger partial charge in [-0.2, -0.15) is 0 Å². The number of anilines is 2. The van der Waals surface area contributed by atoms with Gasteiger partial charge in [-0.3, -0.25) is 4.79 Å². The predicted molar refractivity (Wildman–Crippen MR) is 153 cm³/mol. The van der Waals surface area contributed by atoms with Crippen molar-refractivity contribution in [3.8, 4) is 11.5 Å². The van der Waals surface area contributed by atoms with Crippen LogP contribution in [0, 0.1) is 0 Å². The fourth-order valence-electron chi connectivity index (χ4n) is 4.71. The lowest BCUT2D eigenvalue weighted by molar-refractivity contribution is 0.0954. The molecule has 2 aromatic carbocycles. The molecular formula is C30H37N5O4. The van der Waals surface area contributed by atoms with Crippen molar-refractivity contribution in [2.45, 2.75) is 26.2 Å². The number of amides is 3. The van der Waals surface area contributed by atoms with E-state index in [-0.39, 0.29) is 11.9 Å². The molecule has 1 aliphatic heterocycles. The molecule has 0 spiro atoms. The second-order valence-electron chi connectivity index (χ2n) is 9.72. The number of nitrogens with zero attached hydrogens (tertiary/aromatic N) is 3. The van der Waals surface area contributed by atoms with E-state index in [0.29, 0.717) is 67.9 Å².